The minimum Gasteiger partial charge on any atom is -0.459 e. The first-order valence-corrected chi connectivity index (χ1v) is 5.87. The number of aliphatic hydroxyl groups excluding tert-OH is 2. The van der Waals surface area contributed by atoms with Crippen LogP contribution in [0.2, 0.25) is 0 Å². The fourth-order valence-corrected chi connectivity index (χ4v) is 1.75. The summed E-state index contributed by atoms with van der Waals surface area (Å²) in [7, 11) is 0. The van der Waals surface area contributed by atoms with E-state index in [0.29, 0.717) is 12.8 Å². The maximum atomic E-state index is 11.4. The van der Waals surface area contributed by atoms with Crippen molar-refractivity contribution in [2.75, 3.05) is 0 Å². The molecule has 1 rings (SSSR count). The molecule has 0 unspecified atom stereocenters. The van der Waals surface area contributed by atoms with Crippen molar-refractivity contribution < 1.29 is 19.7 Å². The Morgan fingerprint density at radius 1 is 1.50 bits per heavy atom. The van der Waals surface area contributed by atoms with Crippen molar-refractivity contribution in [3.8, 4) is 0 Å². The number of carbonyl (C=O) groups is 1. The highest BCUT2D eigenvalue weighted by atomic mass is 16.6. The van der Waals surface area contributed by atoms with E-state index in [1.54, 1.807) is 12.2 Å². The van der Waals surface area contributed by atoms with E-state index in [2.05, 4.69) is 0 Å². The van der Waals surface area contributed by atoms with Gasteiger partial charge in [-0.2, -0.15) is 0 Å². The van der Waals surface area contributed by atoms with Gasteiger partial charge in [-0.05, 0) is 19.3 Å². The van der Waals surface area contributed by atoms with E-state index in [1.165, 1.54) is 0 Å². The lowest BCUT2D eigenvalue weighted by molar-refractivity contribution is -0.159. The van der Waals surface area contributed by atoms with Crippen LogP contribution in [-0.2, 0) is 9.53 Å². The van der Waals surface area contributed by atoms with E-state index >= 15 is 0 Å². The van der Waals surface area contributed by atoms with Gasteiger partial charge in [0.15, 0.2) is 0 Å². The van der Waals surface area contributed by atoms with Gasteiger partial charge in [-0.15, -0.1) is 0 Å². The zero-order chi connectivity index (χ0) is 12.0. The minimum atomic E-state index is -1.03. The molecule has 16 heavy (non-hydrogen) atoms. The van der Waals surface area contributed by atoms with Crippen LogP contribution in [0.25, 0.3) is 0 Å². The van der Waals surface area contributed by atoms with Gasteiger partial charge in [-0.3, -0.25) is 4.79 Å². The predicted molar refractivity (Wildman–Crippen MR) is 59.8 cm³/mol. The number of allylic oxidation sites excluding steroid dienone is 1. The second-order valence-electron chi connectivity index (χ2n) is 4.12. The van der Waals surface area contributed by atoms with Crippen molar-refractivity contribution >= 4 is 5.97 Å². The molecular formula is C12H20O4. The molecule has 1 aliphatic heterocycles. The van der Waals surface area contributed by atoms with Crippen LogP contribution in [0.5, 0.6) is 0 Å². The normalized spacial score (nSPS) is 34.2. The molecule has 0 fully saturated rings. The van der Waals surface area contributed by atoms with Crippen LogP contribution >= 0.6 is 0 Å². The number of hydrogen-bond acceptors (Lipinski definition) is 4. The second-order valence-corrected chi connectivity index (χ2v) is 4.12. The molecule has 0 saturated carbocycles. The van der Waals surface area contributed by atoms with Crippen molar-refractivity contribution in [3.63, 3.8) is 0 Å². The quantitative estimate of drug-likeness (QED) is 0.550. The van der Waals surface area contributed by atoms with Crippen molar-refractivity contribution in [1.82, 2.24) is 0 Å². The molecule has 2 N–H and O–H groups in total. The number of ether oxygens (including phenoxy) is 1. The lowest BCUT2D eigenvalue weighted by atomic mass is 10.0. The van der Waals surface area contributed by atoms with E-state index in [0.717, 1.165) is 19.3 Å². The summed E-state index contributed by atoms with van der Waals surface area (Å²) in [5, 5.41) is 19.5. The first-order valence-electron chi connectivity index (χ1n) is 5.87. The molecular weight excluding hydrogens is 208 g/mol. The highest BCUT2D eigenvalue weighted by Gasteiger charge is 2.27. The standard InChI is InChI=1S/C12H20O4/c1-2-6-10-12(15)9(13)7-4-3-5-8-11(14)16-10/h4,7,9-10,12-13,15H,2-3,5-6,8H2,1H3/b7-4-/t9-,10-,12+/m0/s1. The third-order valence-corrected chi connectivity index (χ3v) is 2.67. The zero-order valence-electron chi connectivity index (χ0n) is 9.63. The second kappa shape index (κ2) is 6.66. The van der Waals surface area contributed by atoms with Crippen LogP contribution in [0, 0.1) is 0 Å². The molecule has 0 saturated heterocycles. The summed E-state index contributed by atoms with van der Waals surface area (Å²) in [6.07, 6.45) is 3.96. The van der Waals surface area contributed by atoms with Crippen molar-refractivity contribution in [2.45, 2.75) is 57.3 Å². The number of aliphatic hydroxyl groups is 2. The Hall–Kier alpha value is -0.870. The average Bonchev–Trinajstić information content (AvgIpc) is 2.26. The van der Waals surface area contributed by atoms with Gasteiger partial charge in [0.1, 0.15) is 18.3 Å². The minimum absolute atomic E-state index is 0.292. The lowest BCUT2D eigenvalue weighted by Gasteiger charge is -2.25. The van der Waals surface area contributed by atoms with Crippen LogP contribution < -0.4 is 0 Å². The average molecular weight is 228 g/mol. The maximum Gasteiger partial charge on any atom is 0.306 e. The highest BCUT2D eigenvalue weighted by molar-refractivity contribution is 5.69. The molecule has 0 radical (unpaired) electrons. The third-order valence-electron chi connectivity index (χ3n) is 2.67. The van der Waals surface area contributed by atoms with Crippen molar-refractivity contribution in [3.05, 3.63) is 12.2 Å². The molecule has 0 aromatic rings. The van der Waals surface area contributed by atoms with Gasteiger partial charge < -0.3 is 14.9 Å². The van der Waals surface area contributed by atoms with E-state index in [1.807, 2.05) is 6.92 Å². The van der Waals surface area contributed by atoms with Crippen LogP contribution in [0.3, 0.4) is 0 Å². The first-order chi connectivity index (χ1) is 7.65. The Bertz CT molecular complexity index is 249. The van der Waals surface area contributed by atoms with Crippen LogP contribution in [0.1, 0.15) is 39.0 Å². The summed E-state index contributed by atoms with van der Waals surface area (Å²) < 4.78 is 5.17. The number of esters is 1. The molecule has 1 aliphatic rings. The molecule has 4 heteroatoms. The summed E-state index contributed by atoms with van der Waals surface area (Å²) >= 11 is 0. The van der Waals surface area contributed by atoms with Gasteiger partial charge in [0.25, 0.3) is 0 Å². The summed E-state index contributed by atoms with van der Waals surface area (Å²) in [4.78, 5) is 11.4. The summed E-state index contributed by atoms with van der Waals surface area (Å²) in [5.74, 6) is -0.292. The first kappa shape index (κ1) is 13.2. The van der Waals surface area contributed by atoms with Gasteiger partial charge in [0.05, 0.1) is 0 Å². The Morgan fingerprint density at radius 2 is 2.25 bits per heavy atom. The van der Waals surface area contributed by atoms with Crippen molar-refractivity contribution in [2.24, 2.45) is 0 Å². The van der Waals surface area contributed by atoms with Gasteiger partial charge in [-0.1, -0.05) is 25.5 Å². The van der Waals surface area contributed by atoms with E-state index in [9.17, 15) is 15.0 Å². The van der Waals surface area contributed by atoms with Gasteiger partial charge in [0.2, 0.25) is 0 Å². The number of carbonyl (C=O) groups excluding carboxylic acids is 1. The molecule has 3 atom stereocenters. The topological polar surface area (TPSA) is 66.8 Å². The Kier molecular flexibility index (Phi) is 5.49. The molecule has 0 spiro atoms. The van der Waals surface area contributed by atoms with Crippen LogP contribution in [0.15, 0.2) is 12.2 Å². The summed E-state index contributed by atoms with van der Waals surface area (Å²) in [5.41, 5.74) is 0. The zero-order valence-corrected chi connectivity index (χ0v) is 9.63. The monoisotopic (exact) mass is 228 g/mol. The Labute approximate surface area is 95.9 Å². The number of cyclic esters (lactones) is 1. The van der Waals surface area contributed by atoms with Crippen LogP contribution in [0.4, 0.5) is 0 Å². The molecule has 4 nitrogen and oxygen atoms in total. The van der Waals surface area contributed by atoms with Crippen molar-refractivity contribution in [1.29, 1.82) is 0 Å². The summed E-state index contributed by atoms with van der Waals surface area (Å²) in [6, 6.07) is 0. The number of rotatable bonds is 2. The number of hydrogen-bond donors (Lipinski definition) is 2. The SMILES string of the molecule is CCC[C@@H]1OC(=O)CCC/C=C\[C@H](O)[C@H]1O. The Balaban J connectivity index is 2.72. The Morgan fingerprint density at radius 3 is 2.94 bits per heavy atom. The van der Waals surface area contributed by atoms with E-state index in [-0.39, 0.29) is 5.97 Å². The largest absolute Gasteiger partial charge is 0.459 e. The highest BCUT2D eigenvalue weighted by Crippen LogP contribution is 2.15. The van der Waals surface area contributed by atoms with E-state index < -0.39 is 18.3 Å². The van der Waals surface area contributed by atoms with Gasteiger partial charge in [-0.25, -0.2) is 0 Å². The van der Waals surface area contributed by atoms with E-state index in [4.69, 9.17) is 4.74 Å². The molecule has 0 aliphatic carbocycles. The fraction of sp³-hybridized carbons (Fsp3) is 0.750. The molecule has 0 aromatic heterocycles. The third kappa shape index (κ3) is 3.94. The van der Waals surface area contributed by atoms with Crippen LogP contribution in [-0.4, -0.2) is 34.5 Å². The predicted octanol–water partition coefficient (Wildman–Crippen LogP) is 1.16. The molecule has 0 aromatic carbocycles. The lowest BCUT2D eigenvalue weighted by Crippen LogP contribution is -2.39. The van der Waals surface area contributed by atoms with Gasteiger partial charge in [0, 0.05) is 6.42 Å². The molecule has 92 valence electrons. The molecule has 0 amide bonds. The smallest absolute Gasteiger partial charge is 0.306 e. The molecule has 0 bridgehead atoms. The van der Waals surface area contributed by atoms with Gasteiger partial charge >= 0.3 is 5.97 Å². The molecule has 1 heterocycles. The summed E-state index contributed by atoms with van der Waals surface area (Å²) in [6.45, 7) is 1.95. The fourth-order valence-electron chi connectivity index (χ4n) is 1.75. The maximum absolute atomic E-state index is 11.4.